The minimum Gasteiger partial charge on any atom is -0.351 e. The molecule has 1 aromatic carbocycles. The predicted molar refractivity (Wildman–Crippen MR) is 87.1 cm³/mol. The van der Waals surface area contributed by atoms with Crippen molar-refractivity contribution in [3.05, 3.63) is 29.3 Å². The number of anilines is 1. The molecule has 1 aliphatic heterocycles. The molecule has 2 rings (SSSR count). The Bertz CT molecular complexity index is 598. The molecule has 6 nitrogen and oxygen atoms in total. The van der Waals surface area contributed by atoms with E-state index in [9.17, 15) is 14.4 Å². The summed E-state index contributed by atoms with van der Waals surface area (Å²) in [6.07, 6.45) is 0. The van der Waals surface area contributed by atoms with E-state index in [1.54, 1.807) is 25.1 Å². The molecule has 0 bridgehead atoms. The molecule has 0 aromatic heterocycles. The van der Waals surface area contributed by atoms with E-state index in [1.807, 2.05) is 16.7 Å². The first-order chi connectivity index (χ1) is 10.5. The largest absolute Gasteiger partial charge is 0.351 e. The molecule has 1 aromatic rings. The van der Waals surface area contributed by atoms with Gasteiger partial charge in [0.05, 0.1) is 0 Å². The highest BCUT2D eigenvalue weighted by Gasteiger charge is 2.19. The number of nitrogens with one attached hydrogen (secondary N) is 2. The zero-order valence-electron chi connectivity index (χ0n) is 12.6. The molecule has 1 saturated heterocycles. The molecular weight excluding hydrogens is 302 g/mol. The van der Waals surface area contributed by atoms with Crippen molar-refractivity contribution in [3.63, 3.8) is 0 Å². The van der Waals surface area contributed by atoms with Gasteiger partial charge in [-0.2, -0.15) is 11.8 Å². The first-order valence-electron chi connectivity index (χ1n) is 7.03. The van der Waals surface area contributed by atoms with Crippen LogP contribution in [0.4, 0.5) is 5.69 Å². The second kappa shape index (κ2) is 7.31. The summed E-state index contributed by atoms with van der Waals surface area (Å²) in [6.45, 7) is 3.32. The molecular formula is C15H19N3O3S. The standard InChI is InChI=1S/C15H19N3O3S/c1-10-9-11(15(21)18-5-7-22-8-6-18)3-4-12(10)17-14(20)13(19)16-2/h3-4,9H,5-8H2,1-2H3,(H,16,19)(H,17,20). The average molecular weight is 321 g/mol. The lowest BCUT2D eigenvalue weighted by molar-refractivity contribution is -0.135. The topological polar surface area (TPSA) is 78.5 Å². The highest BCUT2D eigenvalue weighted by molar-refractivity contribution is 7.99. The van der Waals surface area contributed by atoms with E-state index in [2.05, 4.69) is 10.6 Å². The number of hydrogen-bond acceptors (Lipinski definition) is 4. The van der Waals surface area contributed by atoms with Gasteiger partial charge >= 0.3 is 11.8 Å². The molecule has 0 saturated carbocycles. The molecule has 0 unspecified atom stereocenters. The number of carbonyl (C=O) groups excluding carboxylic acids is 3. The number of hydrogen-bond donors (Lipinski definition) is 2. The Morgan fingerprint density at radius 1 is 1.14 bits per heavy atom. The number of benzene rings is 1. The van der Waals surface area contributed by atoms with Crippen LogP contribution in [0.1, 0.15) is 15.9 Å². The van der Waals surface area contributed by atoms with Gasteiger partial charge in [-0.05, 0) is 30.7 Å². The fraction of sp³-hybridized carbons (Fsp3) is 0.400. The highest BCUT2D eigenvalue weighted by atomic mass is 32.2. The third-order valence-corrected chi connectivity index (χ3v) is 4.40. The van der Waals surface area contributed by atoms with Crippen molar-refractivity contribution in [3.8, 4) is 0 Å². The Balaban J connectivity index is 2.10. The van der Waals surface area contributed by atoms with Crippen LogP contribution >= 0.6 is 11.8 Å². The molecule has 0 spiro atoms. The smallest absolute Gasteiger partial charge is 0.313 e. The quantitative estimate of drug-likeness (QED) is 0.792. The zero-order valence-corrected chi connectivity index (χ0v) is 13.5. The number of likely N-dealkylation sites (N-methyl/N-ethyl adjacent to an activating group) is 1. The summed E-state index contributed by atoms with van der Waals surface area (Å²) in [5.74, 6) is 0.506. The van der Waals surface area contributed by atoms with Crippen LogP contribution in [0.15, 0.2) is 18.2 Å². The van der Waals surface area contributed by atoms with Gasteiger partial charge in [-0.25, -0.2) is 0 Å². The van der Waals surface area contributed by atoms with Crippen molar-refractivity contribution in [1.29, 1.82) is 0 Å². The first kappa shape index (κ1) is 16.4. The van der Waals surface area contributed by atoms with Gasteiger partial charge in [0, 0.05) is 42.9 Å². The lowest BCUT2D eigenvalue weighted by atomic mass is 10.1. The number of carbonyl (C=O) groups is 3. The Kier molecular flexibility index (Phi) is 5.43. The maximum absolute atomic E-state index is 12.4. The van der Waals surface area contributed by atoms with Crippen LogP contribution < -0.4 is 10.6 Å². The van der Waals surface area contributed by atoms with Crippen molar-refractivity contribution in [2.24, 2.45) is 0 Å². The summed E-state index contributed by atoms with van der Waals surface area (Å²) in [5, 5.41) is 4.79. The van der Waals surface area contributed by atoms with E-state index in [0.29, 0.717) is 11.3 Å². The van der Waals surface area contributed by atoms with Crippen LogP contribution in [0.25, 0.3) is 0 Å². The highest BCUT2D eigenvalue weighted by Crippen LogP contribution is 2.19. The van der Waals surface area contributed by atoms with E-state index in [-0.39, 0.29) is 5.91 Å². The van der Waals surface area contributed by atoms with Crippen molar-refractivity contribution in [2.75, 3.05) is 37.0 Å². The molecule has 1 aliphatic rings. The van der Waals surface area contributed by atoms with Gasteiger partial charge < -0.3 is 15.5 Å². The number of amides is 3. The lowest BCUT2D eigenvalue weighted by Crippen LogP contribution is -2.38. The average Bonchev–Trinajstić information content (AvgIpc) is 2.55. The minimum absolute atomic E-state index is 0.00702. The van der Waals surface area contributed by atoms with E-state index in [0.717, 1.165) is 30.2 Å². The van der Waals surface area contributed by atoms with Gasteiger partial charge in [-0.15, -0.1) is 0 Å². The van der Waals surface area contributed by atoms with Crippen molar-refractivity contribution in [1.82, 2.24) is 10.2 Å². The SMILES string of the molecule is CNC(=O)C(=O)Nc1ccc(C(=O)N2CCSCC2)cc1C. The van der Waals surface area contributed by atoms with Crippen LogP contribution in [0.5, 0.6) is 0 Å². The maximum Gasteiger partial charge on any atom is 0.313 e. The Labute approximate surface area is 133 Å². The summed E-state index contributed by atoms with van der Waals surface area (Å²) in [6, 6.07) is 5.07. The monoisotopic (exact) mass is 321 g/mol. The van der Waals surface area contributed by atoms with Crippen LogP contribution in [0.3, 0.4) is 0 Å². The Hall–Kier alpha value is -2.02. The van der Waals surface area contributed by atoms with Crippen LogP contribution in [0.2, 0.25) is 0 Å². The van der Waals surface area contributed by atoms with E-state index in [4.69, 9.17) is 0 Å². The molecule has 22 heavy (non-hydrogen) atoms. The van der Waals surface area contributed by atoms with Crippen LogP contribution in [-0.4, -0.2) is 54.3 Å². The van der Waals surface area contributed by atoms with Gasteiger partial charge in [0.2, 0.25) is 0 Å². The van der Waals surface area contributed by atoms with Crippen LogP contribution in [0, 0.1) is 6.92 Å². The van der Waals surface area contributed by atoms with E-state index in [1.165, 1.54) is 7.05 Å². The minimum atomic E-state index is -0.724. The molecule has 1 fully saturated rings. The second-order valence-corrected chi connectivity index (χ2v) is 6.19. The molecule has 0 atom stereocenters. The van der Waals surface area contributed by atoms with Gasteiger partial charge in [0.1, 0.15) is 0 Å². The molecule has 118 valence electrons. The molecule has 0 radical (unpaired) electrons. The molecule has 7 heteroatoms. The summed E-state index contributed by atoms with van der Waals surface area (Å²) in [7, 11) is 1.40. The fourth-order valence-corrected chi connectivity index (χ4v) is 3.08. The Morgan fingerprint density at radius 2 is 1.82 bits per heavy atom. The molecule has 3 amide bonds. The normalized spacial score (nSPS) is 14.4. The third-order valence-electron chi connectivity index (χ3n) is 3.45. The van der Waals surface area contributed by atoms with Gasteiger partial charge in [-0.1, -0.05) is 0 Å². The Morgan fingerprint density at radius 3 is 2.41 bits per heavy atom. The number of rotatable bonds is 2. The summed E-state index contributed by atoms with van der Waals surface area (Å²) in [4.78, 5) is 37.0. The van der Waals surface area contributed by atoms with Crippen LogP contribution in [-0.2, 0) is 9.59 Å². The molecule has 0 aliphatic carbocycles. The van der Waals surface area contributed by atoms with E-state index < -0.39 is 11.8 Å². The molecule has 2 N–H and O–H groups in total. The maximum atomic E-state index is 12.4. The summed E-state index contributed by atoms with van der Waals surface area (Å²) >= 11 is 1.85. The third kappa shape index (κ3) is 3.79. The fourth-order valence-electron chi connectivity index (χ4n) is 2.18. The van der Waals surface area contributed by atoms with Crippen molar-refractivity contribution < 1.29 is 14.4 Å². The zero-order chi connectivity index (χ0) is 16.1. The summed E-state index contributed by atoms with van der Waals surface area (Å²) < 4.78 is 0. The second-order valence-electron chi connectivity index (χ2n) is 4.97. The first-order valence-corrected chi connectivity index (χ1v) is 8.19. The van der Waals surface area contributed by atoms with Crippen molar-refractivity contribution in [2.45, 2.75) is 6.92 Å². The number of aryl methyl sites for hydroxylation is 1. The number of nitrogens with zero attached hydrogens (tertiary/aromatic N) is 1. The lowest BCUT2D eigenvalue weighted by Gasteiger charge is -2.26. The molecule has 1 heterocycles. The van der Waals surface area contributed by atoms with Gasteiger partial charge in [0.15, 0.2) is 0 Å². The van der Waals surface area contributed by atoms with Gasteiger partial charge in [0.25, 0.3) is 5.91 Å². The van der Waals surface area contributed by atoms with Crippen molar-refractivity contribution >= 4 is 35.2 Å². The predicted octanol–water partition coefficient (Wildman–Crippen LogP) is 0.869. The summed E-state index contributed by atoms with van der Waals surface area (Å²) in [5.41, 5.74) is 1.87. The van der Waals surface area contributed by atoms with Gasteiger partial charge in [-0.3, -0.25) is 14.4 Å². The number of thioether (sulfide) groups is 1. The van der Waals surface area contributed by atoms with E-state index >= 15 is 0 Å².